The molecule has 3 rings (SSSR count). The molecular weight excluding hydrogens is 340 g/mol. The van der Waals surface area contributed by atoms with Crippen molar-refractivity contribution in [3.63, 3.8) is 0 Å². The van der Waals surface area contributed by atoms with Crippen LogP contribution in [0.4, 0.5) is 17.2 Å². The number of nitrogens with zero attached hydrogens (tertiary/aromatic N) is 1. The van der Waals surface area contributed by atoms with Crippen molar-refractivity contribution < 1.29 is 13.2 Å². The SMILES string of the molecule is CCCCNc1ccc(NS(=O)(=O)c2ccc3c(c2)CC(=O)N3)nc1. The molecule has 0 bridgehead atoms. The summed E-state index contributed by atoms with van der Waals surface area (Å²) >= 11 is 0. The van der Waals surface area contributed by atoms with Crippen LogP contribution in [-0.2, 0) is 21.2 Å². The highest BCUT2D eigenvalue weighted by atomic mass is 32.2. The summed E-state index contributed by atoms with van der Waals surface area (Å²) in [5, 5.41) is 5.90. The highest BCUT2D eigenvalue weighted by Gasteiger charge is 2.22. The lowest BCUT2D eigenvalue weighted by Crippen LogP contribution is -2.14. The van der Waals surface area contributed by atoms with Crippen LogP contribution in [0.25, 0.3) is 0 Å². The minimum Gasteiger partial charge on any atom is -0.384 e. The average Bonchev–Trinajstić information content (AvgIpc) is 2.95. The highest BCUT2D eigenvalue weighted by Crippen LogP contribution is 2.26. The second-order valence-corrected chi connectivity index (χ2v) is 7.54. The molecule has 1 aromatic heterocycles. The molecule has 1 aromatic carbocycles. The minimum atomic E-state index is -3.76. The Morgan fingerprint density at radius 1 is 1.24 bits per heavy atom. The largest absolute Gasteiger partial charge is 0.384 e. The van der Waals surface area contributed by atoms with E-state index in [4.69, 9.17) is 0 Å². The first kappa shape index (κ1) is 17.2. The lowest BCUT2D eigenvalue weighted by Gasteiger charge is -2.10. The molecule has 0 aliphatic carbocycles. The molecule has 0 spiro atoms. The molecular formula is C17H20N4O3S. The second-order valence-electron chi connectivity index (χ2n) is 5.86. The number of rotatable bonds is 7. The Balaban J connectivity index is 1.71. The summed E-state index contributed by atoms with van der Waals surface area (Å²) in [6.45, 7) is 2.97. The molecule has 0 unspecified atom stereocenters. The van der Waals surface area contributed by atoms with Gasteiger partial charge in [0.2, 0.25) is 5.91 Å². The van der Waals surface area contributed by atoms with Crippen LogP contribution in [0, 0.1) is 0 Å². The first-order chi connectivity index (χ1) is 12.0. The van der Waals surface area contributed by atoms with Crippen LogP contribution < -0.4 is 15.4 Å². The number of aromatic nitrogens is 1. The van der Waals surface area contributed by atoms with Crippen LogP contribution >= 0.6 is 0 Å². The van der Waals surface area contributed by atoms with Gasteiger partial charge in [-0.1, -0.05) is 13.3 Å². The second kappa shape index (κ2) is 7.10. The van der Waals surface area contributed by atoms with Crippen LogP contribution in [0.3, 0.4) is 0 Å². The van der Waals surface area contributed by atoms with Gasteiger partial charge in [0.1, 0.15) is 5.82 Å². The van der Waals surface area contributed by atoms with E-state index in [2.05, 4.69) is 27.3 Å². The number of anilines is 3. The number of carbonyl (C=O) groups is 1. The predicted octanol–water partition coefficient (Wildman–Crippen LogP) is 2.59. The lowest BCUT2D eigenvalue weighted by atomic mass is 10.2. The number of unbranched alkanes of at least 4 members (excludes halogenated alkanes) is 1. The normalized spacial score (nSPS) is 13.2. The van der Waals surface area contributed by atoms with Gasteiger partial charge in [0.15, 0.2) is 0 Å². The fourth-order valence-electron chi connectivity index (χ4n) is 2.54. The van der Waals surface area contributed by atoms with E-state index < -0.39 is 10.0 Å². The molecule has 3 N–H and O–H groups in total. The van der Waals surface area contributed by atoms with Crippen molar-refractivity contribution in [2.24, 2.45) is 0 Å². The van der Waals surface area contributed by atoms with Gasteiger partial charge in [0.25, 0.3) is 10.0 Å². The Morgan fingerprint density at radius 3 is 2.80 bits per heavy atom. The van der Waals surface area contributed by atoms with E-state index in [1.54, 1.807) is 24.4 Å². The quantitative estimate of drug-likeness (QED) is 0.659. The first-order valence-corrected chi connectivity index (χ1v) is 9.62. The molecule has 7 nitrogen and oxygen atoms in total. The number of fused-ring (bicyclic) bond motifs is 1. The van der Waals surface area contributed by atoms with Crippen molar-refractivity contribution in [2.75, 3.05) is 21.9 Å². The summed E-state index contributed by atoms with van der Waals surface area (Å²) in [5.74, 6) is 0.112. The number of sulfonamides is 1. The maximum absolute atomic E-state index is 12.5. The predicted molar refractivity (Wildman–Crippen MR) is 97.2 cm³/mol. The zero-order valence-corrected chi connectivity index (χ0v) is 14.7. The Kier molecular flexibility index (Phi) is 4.89. The van der Waals surface area contributed by atoms with Gasteiger partial charge in [0, 0.05) is 12.2 Å². The fraction of sp³-hybridized carbons (Fsp3) is 0.294. The van der Waals surface area contributed by atoms with E-state index >= 15 is 0 Å². The molecule has 132 valence electrons. The van der Waals surface area contributed by atoms with Crippen molar-refractivity contribution in [3.05, 3.63) is 42.1 Å². The van der Waals surface area contributed by atoms with Gasteiger partial charge in [-0.05, 0) is 42.3 Å². The molecule has 0 saturated carbocycles. The zero-order valence-electron chi connectivity index (χ0n) is 13.9. The zero-order chi connectivity index (χ0) is 17.9. The summed E-state index contributed by atoms with van der Waals surface area (Å²) in [7, 11) is -3.76. The van der Waals surface area contributed by atoms with Gasteiger partial charge < -0.3 is 10.6 Å². The molecule has 1 amide bonds. The smallest absolute Gasteiger partial charge is 0.263 e. The minimum absolute atomic E-state index is 0.106. The summed E-state index contributed by atoms with van der Waals surface area (Å²) in [6.07, 6.45) is 3.94. The van der Waals surface area contributed by atoms with E-state index in [1.165, 1.54) is 12.1 Å². The lowest BCUT2D eigenvalue weighted by molar-refractivity contribution is -0.115. The summed E-state index contributed by atoms with van der Waals surface area (Å²) < 4.78 is 27.5. The highest BCUT2D eigenvalue weighted by molar-refractivity contribution is 7.92. The number of carbonyl (C=O) groups excluding carboxylic acids is 1. The van der Waals surface area contributed by atoms with Gasteiger partial charge in [-0.15, -0.1) is 0 Å². The van der Waals surface area contributed by atoms with E-state index in [1.807, 2.05) is 0 Å². The molecule has 25 heavy (non-hydrogen) atoms. The molecule has 0 saturated heterocycles. The monoisotopic (exact) mass is 360 g/mol. The van der Waals surface area contributed by atoms with Crippen molar-refractivity contribution in [1.82, 2.24) is 4.98 Å². The first-order valence-electron chi connectivity index (χ1n) is 8.13. The van der Waals surface area contributed by atoms with Crippen LogP contribution in [0.15, 0.2) is 41.4 Å². The van der Waals surface area contributed by atoms with E-state index in [9.17, 15) is 13.2 Å². The topological polar surface area (TPSA) is 100 Å². The number of hydrogen-bond acceptors (Lipinski definition) is 5. The third kappa shape index (κ3) is 4.08. The van der Waals surface area contributed by atoms with Gasteiger partial charge in [0.05, 0.1) is 23.2 Å². The molecule has 1 aliphatic heterocycles. The van der Waals surface area contributed by atoms with Gasteiger partial charge in [-0.3, -0.25) is 9.52 Å². The molecule has 0 radical (unpaired) electrons. The number of benzene rings is 1. The fourth-order valence-corrected chi connectivity index (χ4v) is 3.60. The van der Waals surface area contributed by atoms with Gasteiger partial charge >= 0.3 is 0 Å². The number of hydrogen-bond donors (Lipinski definition) is 3. The Labute approximate surface area is 146 Å². The van der Waals surface area contributed by atoms with E-state index in [0.29, 0.717) is 11.3 Å². The molecule has 1 aliphatic rings. The van der Waals surface area contributed by atoms with Crippen molar-refractivity contribution >= 4 is 33.1 Å². The van der Waals surface area contributed by atoms with Crippen LogP contribution in [0.1, 0.15) is 25.3 Å². The maximum Gasteiger partial charge on any atom is 0.263 e. The third-order valence-electron chi connectivity index (χ3n) is 3.87. The van der Waals surface area contributed by atoms with Crippen molar-refractivity contribution in [3.8, 4) is 0 Å². The Morgan fingerprint density at radius 2 is 2.08 bits per heavy atom. The Bertz CT molecular complexity index is 879. The van der Waals surface area contributed by atoms with Crippen molar-refractivity contribution in [1.29, 1.82) is 0 Å². The summed E-state index contributed by atoms with van der Waals surface area (Å²) in [4.78, 5) is 15.6. The van der Waals surface area contributed by atoms with Gasteiger partial charge in [-0.2, -0.15) is 0 Å². The molecule has 0 fully saturated rings. The number of pyridine rings is 1. The van der Waals surface area contributed by atoms with Gasteiger partial charge in [-0.25, -0.2) is 13.4 Å². The molecule has 8 heteroatoms. The number of amides is 1. The maximum atomic E-state index is 12.5. The van der Waals surface area contributed by atoms with Crippen LogP contribution in [-0.4, -0.2) is 25.9 Å². The molecule has 0 atom stereocenters. The molecule has 2 heterocycles. The summed E-state index contributed by atoms with van der Waals surface area (Å²) in [5.41, 5.74) is 2.18. The van der Waals surface area contributed by atoms with Crippen LogP contribution in [0.5, 0.6) is 0 Å². The van der Waals surface area contributed by atoms with E-state index in [-0.39, 0.29) is 23.0 Å². The van der Waals surface area contributed by atoms with Crippen molar-refractivity contribution in [2.45, 2.75) is 31.1 Å². The standard InChI is InChI=1S/C17H20N4O3S/c1-2-3-8-18-13-4-7-16(19-11-13)21-25(23,24)14-5-6-15-12(9-14)10-17(22)20-15/h4-7,9,11,18H,2-3,8,10H2,1H3,(H,19,21)(H,20,22). The van der Waals surface area contributed by atoms with Crippen LogP contribution in [0.2, 0.25) is 0 Å². The Hall–Kier alpha value is -2.61. The van der Waals surface area contributed by atoms with E-state index in [0.717, 1.165) is 25.1 Å². The summed E-state index contributed by atoms with van der Waals surface area (Å²) in [6, 6.07) is 7.97. The number of nitrogens with one attached hydrogen (secondary N) is 3. The third-order valence-corrected chi connectivity index (χ3v) is 5.23. The average molecular weight is 360 g/mol. The molecule has 2 aromatic rings.